The Morgan fingerprint density at radius 1 is 1.21 bits per heavy atom. The zero-order valence-electron chi connectivity index (χ0n) is 12.2. The molecule has 1 atom stereocenters. The molecule has 0 bridgehead atoms. The summed E-state index contributed by atoms with van der Waals surface area (Å²) in [5.74, 6) is 0.800. The second-order valence-corrected chi connectivity index (χ2v) is 5.01. The van der Waals surface area contributed by atoms with E-state index in [1.807, 2.05) is 14.0 Å². The van der Waals surface area contributed by atoms with Crippen molar-refractivity contribution < 1.29 is 13.9 Å². The standard InChI is InChI=1S/C15H24FNO2/c1-11(2)10-18-7-8-19-15-9-13(16)5-6-14(15)12(3)17-4/h5-6,9,11-12,17H,7-8,10H2,1-4H3. The first kappa shape index (κ1) is 15.9. The predicted octanol–water partition coefficient (Wildman–Crippen LogP) is 3.16. The number of hydrogen-bond donors (Lipinski definition) is 1. The van der Waals surface area contributed by atoms with Crippen LogP contribution < -0.4 is 10.1 Å². The van der Waals surface area contributed by atoms with Gasteiger partial charge in [0.25, 0.3) is 0 Å². The molecular weight excluding hydrogens is 245 g/mol. The summed E-state index contributed by atoms with van der Waals surface area (Å²) in [5.41, 5.74) is 0.952. The molecule has 0 aliphatic heterocycles. The molecule has 1 unspecified atom stereocenters. The summed E-state index contributed by atoms with van der Waals surface area (Å²) in [4.78, 5) is 0. The van der Waals surface area contributed by atoms with Crippen LogP contribution in [0.4, 0.5) is 4.39 Å². The Balaban J connectivity index is 2.53. The molecule has 0 saturated carbocycles. The van der Waals surface area contributed by atoms with Crippen LogP contribution in [0.5, 0.6) is 5.75 Å². The van der Waals surface area contributed by atoms with Crippen molar-refractivity contribution in [2.45, 2.75) is 26.8 Å². The summed E-state index contributed by atoms with van der Waals surface area (Å²) in [6.45, 7) is 7.86. The van der Waals surface area contributed by atoms with Crippen LogP contribution in [0.25, 0.3) is 0 Å². The SMILES string of the molecule is CNC(C)c1ccc(F)cc1OCCOCC(C)C. The molecule has 1 aromatic carbocycles. The molecule has 0 radical (unpaired) electrons. The third-order valence-electron chi connectivity index (χ3n) is 2.81. The molecule has 0 amide bonds. The van der Waals surface area contributed by atoms with Crippen LogP contribution in [0, 0.1) is 11.7 Å². The minimum Gasteiger partial charge on any atom is -0.491 e. The fourth-order valence-corrected chi connectivity index (χ4v) is 1.68. The molecule has 3 nitrogen and oxygen atoms in total. The van der Waals surface area contributed by atoms with Gasteiger partial charge in [0.05, 0.1) is 6.61 Å². The maximum absolute atomic E-state index is 13.3. The molecule has 0 heterocycles. The molecule has 1 rings (SSSR count). The fraction of sp³-hybridized carbons (Fsp3) is 0.600. The monoisotopic (exact) mass is 269 g/mol. The highest BCUT2D eigenvalue weighted by molar-refractivity contribution is 5.36. The number of halogens is 1. The first-order valence-corrected chi connectivity index (χ1v) is 6.71. The molecule has 19 heavy (non-hydrogen) atoms. The molecule has 0 aromatic heterocycles. The third-order valence-corrected chi connectivity index (χ3v) is 2.81. The van der Waals surface area contributed by atoms with Gasteiger partial charge >= 0.3 is 0 Å². The quantitative estimate of drug-likeness (QED) is 0.735. The highest BCUT2D eigenvalue weighted by Crippen LogP contribution is 2.25. The molecule has 0 spiro atoms. The summed E-state index contributed by atoms with van der Waals surface area (Å²) >= 11 is 0. The molecule has 0 aliphatic carbocycles. The topological polar surface area (TPSA) is 30.5 Å². The highest BCUT2D eigenvalue weighted by Gasteiger charge is 2.11. The highest BCUT2D eigenvalue weighted by atomic mass is 19.1. The van der Waals surface area contributed by atoms with E-state index in [4.69, 9.17) is 9.47 Å². The van der Waals surface area contributed by atoms with Crippen molar-refractivity contribution in [2.75, 3.05) is 26.9 Å². The van der Waals surface area contributed by atoms with Gasteiger partial charge in [-0.2, -0.15) is 0 Å². The Labute approximate surface area is 115 Å². The third kappa shape index (κ3) is 5.57. The van der Waals surface area contributed by atoms with E-state index >= 15 is 0 Å². The van der Waals surface area contributed by atoms with Gasteiger partial charge in [0, 0.05) is 24.3 Å². The van der Waals surface area contributed by atoms with Gasteiger partial charge in [-0.3, -0.25) is 0 Å². The van der Waals surface area contributed by atoms with E-state index in [-0.39, 0.29) is 11.9 Å². The maximum Gasteiger partial charge on any atom is 0.127 e. The van der Waals surface area contributed by atoms with E-state index in [9.17, 15) is 4.39 Å². The number of nitrogens with one attached hydrogen (secondary N) is 1. The lowest BCUT2D eigenvalue weighted by molar-refractivity contribution is 0.0814. The Morgan fingerprint density at radius 3 is 2.58 bits per heavy atom. The Kier molecular flexibility index (Phi) is 6.81. The Morgan fingerprint density at radius 2 is 1.95 bits per heavy atom. The normalized spacial score (nSPS) is 12.7. The Hall–Kier alpha value is -1.13. The van der Waals surface area contributed by atoms with Crippen LogP contribution in [-0.2, 0) is 4.74 Å². The number of benzene rings is 1. The molecule has 4 heteroatoms. The lowest BCUT2D eigenvalue weighted by atomic mass is 10.1. The fourth-order valence-electron chi connectivity index (χ4n) is 1.68. The summed E-state index contributed by atoms with van der Waals surface area (Å²) in [6, 6.07) is 4.74. The van der Waals surface area contributed by atoms with E-state index in [0.717, 1.165) is 5.56 Å². The maximum atomic E-state index is 13.3. The van der Waals surface area contributed by atoms with Crippen molar-refractivity contribution >= 4 is 0 Å². The lowest BCUT2D eigenvalue weighted by Crippen LogP contribution is -2.15. The molecule has 0 fully saturated rings. The van der Waals surface area contributed by atoms with Crippen molar-refractivity contribution in [3.05, 3.63) is 29.6 Å². The molecule has 1 N–H and O–H groups in total. The molecule has 1 aromatic rings. The minimum absolute atomic E-state index is 0.118. The van der Waals surface area contributed by atoms with Gasteiger partial charge in [0.1, 0.15) is 18.2 Å². The van der Waals surface area contributed by atoms with Gasteiger partial charge < -0.3 is 14.8 Å². The molecule has 0 saturated heterocycles. The van der Waals surface area contributed by atoms with Crippen molar-refractivity contribution in [1.82, 2.24) is 5.32 Å². The van der Waals surface area contributed by atoms with Crippen LogP contribution in [0.3, 0.4) is 0 Å². The lowest BCUT2D eigenvalue weighted by Gasteiger charge is -2.17. The average molecular weight is 269 g/mol. The van der Waals surface area contributed by atoms with E-state index in [2.05, 4.69) is 19.2 Å². The molecular formula is C15H24FNO2. The summed E-state index contributed by atoms with van der Waals surface area (Å²) in [5, 5.41) is 3.12. The largest absolute Gasteiger partial charge is 0.491 e. The number of ether oxygens (including phenoxy) is 2. The molecule has 108 valence electrons. The van der Waals surface area contributed by atoms with Crippen molar-refractivity contribution in [2.24, 2.45) is 5.92 Å². The second-order valence-electron chi connectivity index (χ2n) is 5.01. The minimum atomic E-state index is -0.287. The summed E-state index contributed by atoms with van der Waals surface area (Å²) in [6.07, 6.45) is 0. The van der Waals surface area contributed by atoms with Gasteiger partial charge in [0.2, 0.25) is 0 Å². The van der Waals surface area contributed by atoms with Gasteiger partial charge in [-0.1, -0.05) is 19.9 Å². The van der Waals surface area contributed by atoms with Crippen molar-refractivity contribution in [3.8, 4) is 5.75 Å². The average Bonchev–Trinajstić information content (AvgIpc) is 2.37. The van der Waals surface area contributed by atoms with Gasteiger partial charge in [-0.15, -0.1) is 0 Å². The van der Waals surface area contributed by atoms with Crippen LogP contribution in [0.2, 0.25) is 0 Å². The zero-order valence-corrected chi connectivity index (χ0v) is 12.2. The second kappa shape index (κ2) is 8.12. The van der Waals surface area contributed by atoms with Crippen LogP contribution in [0.15, 0.2) is 18.2 Å². The number of rotatable bonds is 8. The van der Waals surface area contributed by atoms with Gasteiger partial charge in [-0.05, 0) is 26.0 Å². The van der Waals surface area contributed by atoms with E-state index in [1.54, 1.807) is 6.07 Å². The summed E-state index contributed by atoms with van der Waals surface area (Å²) in [7, 11) is 1.86. The Bertz CT molecular complexity index is 382. The van der Waals surface area contributed by atoms with Crippen LogP contribution in [-0.4, -0.2) is 26.9 Å². The van der Waals surface area contributed by atoms with Crippen LogP contribution >= 0.6 is 0 Å². The molecule has 0 aliphatic rings. The van der Waals surface area contributed by atoms with Crippen molar-refractivity contribution in [3.63, 3.8) is 0 Å². The zero-order chi connectivity index (χ0) is 14.3. The van der Waals surface area contributed by atoms with Gasteiger partial charge in [-0.25, -0.2) is 4.39 Å². The van der Waals surface area contributed by atoms with E-state index < -0.39 is 0 Å². The van der Waals surface area contributed by atoms with Gasteiger partial charge in [0.15, 0.2) is 0 Å². The van der Waals surface area contributed by atoms with Crippen molar-refractivity contribution in [1.29, 1.82) is 0 Å². The van der Waals surface area contributed by atoms with Crippen LogP contribution in [0.1, 0.15) is 32.4 Å². The predicted molar refractivity (Wildman–Crippen MR) is 75.0 cm³/mol. The number of hydrogen-bond acceptors (Lipinski definition) is 3. The van der Waals surface area contributed by atoms with E-state index in [1.165, 1.54) is 12.1 Å². The first-order valence-electron chi connectivity index (χ1n) is 6.71. The summed E-state index contributed by atoms with van der Waals surface area (Å²) < 4.78 is 24.3. The smallest absolute Gasteiger partial charge is 0.127 e. The van der Waals surface area contributed by atoms with E-state index in [0.29, 0.717) is 31.5 Å². The first-order chi connectivity index (χ1) is 9.04.